The molecule has 0 heterocycles. The smallest absolute Gasteiger partial charge is 0.307 e. The van der Waals surface area contributed by atoms with Crippen molar-refractivity contribution in [1.82, 2.24) is 0 Å². The molecule has 1 spiro atoms. The molecule has 1 N–H and O–H groups in total. The molecular formula is C33H33FO4. The molecule has 0 aliphatic heterocycles. The second-order valence-electron chi connectivity index (χ2n) is 11.6. The number of hydrogen-bond acceptors (Lipinski definition) is 3. The minimum Gasteiger partial charge on any atom is -0.497 e. The minimum absolute atomic E-state index is 0.0111. The number of carbonyl (C=O) groups is 1. The van der Waals surface area contributed by atoms with Gasteiger partial charge in [0.25, 0.3) is 0 Å². The monoisotopic (exact) mass is 512 g/mol. The van der Waals surface area contributed by atoms with Crippen molar-refractivity contribution in [1.29, 1.82) is 0 Å². The second kappa shape index (κ2) is 9.00. The Morgan fingerprint density at radius 1 is 1.00 bits per heavy atom. The van der Waals surface area contributed by atoms with Crippen molar-refractivity contribution >= 4 is 11.5 Å². The SMILES string of the molecule is COc1ccc(F)c(-c2ccc(COc3ccc4c(c3)C3(CC4)CC3C(=O)O)cc2C2=CCCC2(C)C)c1. The van der Waals surface area contributed by atoms with Crippen molar-refractivity contribution < 1.29 is 23.8 Å². The first-order valence-corrected chi connectivity index (χ1v) is 13.4. The third-order valence-corrected chi connectivity index (χ3v) is 8.92. The van der Waals surface area contributed by atoms with Crippen LogP contribution in [0.15, 0.2) is 60.7 Å². The summed E-state index contributed by atoms with van der Waals surface area (Å²) in [6.07, 6.45) is 6.87. The summed E-state index contributed by atoms with van der Waals surface area (Å²) >= 11 is 0. The van der Waals surface area contributed by atoms with E-state index in [4.69, 9.17) is 9.47 Å². The fraction of sp³-hybridized carbons (Fsp3) is 0.364. The lowest BCUT2D eigenvalue weighted by molar-refractivity contribution is -0.139. The highest BCUT2D eigenvalue weighted by Crippen LogP contribution is 2.62. The van der Waals surface area contributed by atoms with Gasteiger partial charge in [0.15, 0.2) is 0 Å². The number of methoxy groups -OCH3 is 1. The Labute approximate surface area is 223 Å². The number of carboxylic acid groups (broad SMARTS) is 1. The van der Waals surface area contributed by atoms with Gasteiger partial charge < -0.3 is 14.6 Å². The van der Waals surface area contributed by atoms with E-state index in [0.717, 1.165) is 60.1 Å². The van der Waals surface area contributed by atoms with Crippen LogP contribution in [0.2, 0.25) is 0 Å². The third-order valence-electron chi connectivity index (χ3n) is 8.92. The number of halogens is 1. The van der Waals surface area contributed by atoms with Gasteiger partial charge in [-0.2, -0.15) is 0 Å². The molecule has 6 rings (SSSR count). The summed E-state index contributed by atoms with van der Waals surface area (Å²) in [6.45, 7) is 4.85. The Morgan fingerprint density at radius 2 is 1.82 bits per heavy atom. The van der Waals surface area contributed by atoms with Gasteiger partial charge in [-0.25, -0.2) is 4.39 Å². The van der Waals surface area contributed by atoms with Gasteiger partial charge in [0.05, 0.1) is 13.0 Å². The van der Waals surface area contributed by atoms with Crippen LogP contribution in [0.3, 0.4) is 0 Å². The molecule has 3 aromatic carbocycles. The lowest BCUT2D eigenvalue weighted by atomic mass is 9.79. The second-order valence-corrected chi connectivity index (χ2v) is 11.6. The van der Waals surface area contributed by atoms with Crippen molar-refractivity contribution in [2.75, 3.05) is 7.11 Å². The molecule has 5 heteroatoms. The number of fused-ring (bicyclic) bond motifs is 2. The lowest BCUT2D eigenvalue weighted by Crippen LogP contribution is -2.12. The molecule has 3 aliphatic carbocycles. The molecule has 0 aromatic heterocycles. The Morgan fingerprint density at radius 3 is 2.53 bits per heavy atom. The van der Waals surface area contributed by atoms with Crippen molar-refractivity contribution in [3.63, 3.8) is 0 Å². The first-order chi connectivity index (χ1) is 18.2. The van der Waals surface area contributed by atoms with Gasteiger partial charge in [0, 0.05) is 11.0 Å². The topological polar surface area (TPSA) is 55.8 Å². The van der Waals surface area contributed by atoms with Crippen LogP contribution in [0.4, 0.5) is 4.39 Å². The van der Waals surface area contributed by atoms with Gasteiger partial charge in [0.1, 0.15) is 23.9 Å². The zero-order chi connectivity index (χ0) is 26.7. The van der Waals surface area contributed by atoms with Gasteiger partial charge in [-0.05, 0) is 107 Å². The molecule has 2 unspecified atom stereocenters. The number of aryl methyl sites for hydroxylation is 1. The first-order valence-electron chi connectivity index (χ1n) is 13.4. The zero-order valence-electron chi connectivity index (χ0n) is 22.1. The number of rotatable bonds is 7. The number of ether oxygens (including phenoxy) is 2. The summed E-state index contributed by atoms with van der Waals surface area (Å²) in [6, 6.07) is 17.1. The predicted octanol–water partition coefficient (Wildman–Crippen LogP) is 7.57. The largest absolute Gasteiger partial charge is 0.497 e. The average Bonchev–Trinajstić information content (AvgIpc) is 3.39. The van der Waals surface area contributed by atoms with E-state index in [-0.39, 0.29) is 22.6 Å². The molecule has 196 valence electrons. The van der Waals surface area contributed by atoms with Gasteiger partial charge in [-0.3, -0.25) is 4.79 Å². The van der Waals surface area contributed by atoms with Gasteiger partial charge in [0.2, 0.25) is 0 Å². The van der Waals surface area contributed by atoms with E-state index in [1.54, 1.807) is 19.2 Å². The summed E-state index contributed by atoms with van der Waals surface area (Å²) in [7, 11) is 1.59. The highest BCUT2D eigenvalue weighted by Gasteiger charge is 2.61. The molecule has 4 nitrogen and oxygen atoms in total. The van der Waals surface area contributed by atoms with Gasteiger partial charge in [-0.15, -0.1) is 0 Å². The van der Waals surface area contributed by atoms with Gasteiger partial charge >= 0.3 is 5.97 Å². The Balaban J connectivity index is 1.31. The van der Waals surface area contributed by atoms with Crippen LogP contribution in [-0.4, -0.2) is 18.2 Å². The molecular weight excluding hydrogens is 479 g/mol. The molecule has 38 heavy (non-hydrogen) atoms. The fourth-order valence-corrected chi connectivity index (χ4v) is 6.63. The van der Waals surface area contributed by atoms with Crippen molar-refractivity contribution in [3.05, 3.63) is 88.7 Å². The van der Waals surface area contributed by atoms with E-state index in [1.165, 1.54) is 17.2 Å². The fourth-order valence-electron chi connectivity index (χ4n) is 6.63. The quantitative estimate of drug-likeness (QED) is 0.355. The van der Waals surface area contributed by atoms with E-state index in [2.05, 4.69) is 38.1 Å². The van der Waals surface area contributed by atoms with Crippen LogP contribution in [0.5, 0.6) is 11.5 Å². The number of allylic oxidation sites excluding steroid dienone is 2. The Bertz CT molecular complexity index is 1470. The summed E-state index contributed by atoms with van der Waals surface area (Å²) in [5.41, 5.74) is 6.78. The van der Waals surface area contributed by atoms with Gasteiger partial charge in [-0.1, -0.05) is 38.1 Å². The van der Waals surface area contributed by atoms with Crippen LogP contribution in [0.1, 0.15) is 61.8 Å². The number of aliphatic carboxylic acids is 1. The van der Waals surface area contributed by atoms with Crippen LogP contribution in [0.25, 0.3) is 16.7 Å². The molecule has 2 atom stereocenters. The predicted molar refractivity (Wildman–Crippen MR) is 146 cm³/mol. The van der Waals surface area contributed by atoms with Crippen molar-refractivity contribution in [2.24, 2.45) is 11.3 Å². The summed E-state index contributed by atoms with van der Waals surface area (Å²) in [5.74, 6) is 0.113. The van der Waals surface area contributed by atoms with E-state index in [9.17, 15) is 9.90 Å². The van der Waals surface area contributed by atoms with Crippen molar-refractivity contribution in [3.8, 4) is 22.6 Å². The van der Waals surface area contributed by atoms with Crippen LogP contribution in [-0.2, 0) is 23.2 Å². The van der Waals surface area contributed by atoms with E-state index in [0.29, 0.717) is 17.9 Å². The number of benzene rings is 3. The standard InChI is InChI=1S/C33H33FO4/c1-32(2)13-4-5-27(32)25-15-20(6-10-24(25)26-16-22(37-3)9-11-30(26)34)19-38-23-8-7-21-12-14-33(28(21)17-23)18-29(33)31(35)36/h5-11,15-17,29H,4,12-14,18-19H2,1-3H3,(H,35,36). The van der Waals surface area contributed by atoms with Crippen LogP contribution < -0.4 is 9.47 Å². The van der Waals surface area contributed by atoms with Crippen molar-refractivity contribution in [2.45, 2.75) is 58.0 Å². The molecule has 0 radical (unpaired) electrons. The Kier molecular flexibility index (Phi) is 5.86. The number of carboxylic acids is 1. The molecule has 0 saturated heterocycles. The maximum atomic E-state index is 15.0. The summed E-state index contributed by atoms with van der Waals surface area (Å²) in [5, 5.41) is 9.56. The molecule has 1 saturated carbocycles. The van der Waals surface area contributed by atoms with Crippen LogP contribution in [0, 0.1) is 17.2 Å². The highest BCUT2D eigenvalue weighted by molar-refractivity contribution is 5.85. The zero-order valence-corrected chi connectivity index (χ0v) is 22.1. The lowest BCUT2D eigenvalue weighted by Gasteiger charge is -2.25. The molecule has 3 aromatic rings. The molecule has 1 fully saturated rings. The van der Waals surface area contributed by atoms with E-state index in [1.807, 2.05) is 18.2 Å². The number of hydrogen-bond donors (Lipinski definition) is 1. The maximum Gasteiger partial charge on any atom is 0.307 e. The Hall–Kier alpha value is -3.60. The molecule has 0 amide bonds. The van der Waals surface area contributed by atoms with Crippen LogP contribution >= 0.6 is 0 Å². The summed E-state index contributed by atoms with van der Waals surface area (Å²) < 4.78 is 26.7. The molecule has 3 aliphatic rings. The molecule has 0 bridgehead atoms. The summed E-state index contributed by atoms with van der Waals surface area (Å²) in [4.78, 5) is 11.6. The third kappa shape index (κ3) is 4.09. The average molecular weight is 513 g/mol. The van der Waals surface area contributed by atoms with E-state index < -0.39 is 5.97 Å². The highest BCUT2D eigenvalue weighted by atomic mass is 19.1. The maximum absolute atomic E-state index is 15.0. The first kappa shape index (κ1) is 24.7. The van der Waals surface area contributed by atoms with E-state index >= 15 is 4.39 Å². The normalized spacial score (nSPS) is 22.7. The minimum atomic E-state index is -0.701.